The van der Waals surface area contributed by atoms with E-state index in [0.717, 1.165) is 0 Å². The summed E-state index contributed by atoms with van der Waals surface area (Å²) in [5.74, 6) is 0.361. The lowest BCUT2D eigenvalue weighted by molar-refractivity contribution is 0.0488. The third-order valence-electron chi connectivity index (χ3n) is 2.99. The fourth-order valence-electron chi connectivity index (χ4n) is 1.58. The van der Waals surface area contributed by atoms with E-state index in [1.807, 2.05) is 5.70 Å². The lowest BCUT2D eigenvalue weighted by Gasteiger charge is -2.18. The molecule has 0 amide bonds. The minimum Gasteiger partial charge on any atom is -0.491 e. The lowest BCUT2D eigenvalue weighted by atomic mass is 9.97. The second kappa shape index (κ2) is 7.02. The minimum absolute atomic E-state index is 0.309. The molecule has 5 heteroatoms. The SMILES string of the molecule is C=C[Si](C)(C)OCCOc1ccc(C(=O)C(C)(C)O)cc1. The number of Topliss-reactive ketones (excluding diaryl/α,β-unsaturated/α-hetero) is 1. The summed E-state index contributed by atoms with van der Waals surface area (Å²) < 4.78 is 11.3. The van der Waals surface area contributed by atoms with Crippen LogP contribution >= 0.6 is 0 Å². The van der Waals surface area contributed by atoms with E-state index >= 15 is 0 Å². The van der Waals surface area contributed by atoms with E-state index in [4.69, 9.17) is 9.16 Å². The van der Waals surface area contributed by atoms with E-state index in [2.05, 4.69) is 19.7 Å². The summed E-state index contributed by atoms with van der Waals surface area (Å²) >= 11 is 0. The Morgan fingerprint density at radius 1 is 1.29 bits per heavy atom. The van der Waals surface area contributed by atoms with Crippen molar-refractivity contribution in [3.63, 3.8) is 0 Å². The van der Waals surface area contributed by atoms with Crippen LogP contribution in [0, 0.1) is 0 Å². The third kappa shape index (κ3) is 5.83. The Hall–Kier alpha value is -1.43. The Morgan fingerprint density at radius 2 is 1.86 bits per heavy atom. The number of carbonyl (C=O) groups is 1. The number of carbonyl (C=O) groups excluding carboxylic acids is 1. The van der Waals surface area contributed by atoms with Gasteiger partial charge in [0.2, 0.25) is 8.32 Å². The number of hydrogen-bond donors (Lipinski definition) is 1. The van der Waals surface area contributed by atoms with E-state index < -0.39 is 13.9 Å². The van der Waals surface area contributed by atoms with E-state index in [1.54, 1.807) is 24.3 Å². The normalized spacial score (nSPS) is 12.0. The van der Waals surface area contributed by atoms with Crippen molar-refractivity contribution in [2.75, 3.05) is 13.2 Å². The molecular formula is C16H24O4Si. The van der Waals surface area contributed by atoms with Gasteiger partial charge in [0.25, 0.3) is 0 Å². The van der Waals surface area contributed by atoms with Crippen LogP contribution in [0.3, 0.4) is 0 Å². The Labute approximate surface area is 127 Å². The van der Waals surface area contributed by atoms with Gasteiger partial charge in [0.05, 0.1) is 6.61 Å². The molecule has 0 spiro atoms. The molecule has 0 atom stereocenters. The molecule has 0 aliphatic carbocycles. The van der Waals surface area contributed by atoms with Gasteiger partial charge in [-0.1, -0.05) is 5.70 Å². The van der Waals surface area contributed by atoms with Gasteiger partial charge in [0.1, 0.15) is 18.0 Å². The highest BCUT2D eigenvalue weighted by Crippen LogP contribution is 2.17. The molecular weight excluding hydrogens is 284 g/mol. The number of ketones is 1. The van der Waals surface area contributed by atoms with Gasteiger partial charge in [-0.3, -0.25) is 4.79 Å². The van der Waals surface area contributed by atoms with Crippen molar-refractivity contribution in [2.45, 2.75) is 32.5 Å². The van der Waals surface area contributed by atoms with Gasteiger partial charge in [0, 0.05) is 5.56 Å². The predicted molar refractivity (Wildman–Crippen MR) is 86.2 cm³/mol. The van der Waals surface area contributed by atoms with Gasteiger partial charge >= 0.3 is 0 Å². The van der Waals surface area contributed by atoms with Gasteiger partial charge in [-0.15, -0.1) is 6.58 Å². The molecule has 1 aromatic carbocycles. The van der Waals surface area contributed by atoms with E-state index in [0.29, 0.717) is 24.5 Å². The average molecular weight is 308 g/mol. The summed E-state index contributed by atoms with van der Waals surface area (Å²) in [5.41, 5.74) is 0.979. The summed E-state index contributed by atoms with van der Waals surface area (Å²) in [6.07, 6.45) is 0. The van der Waals surface area contributed by atoms with Crippen molar-refractivity contribution in [2.24, 2.45) is 0 Å². The van der Waals surface area contributed by atoms with Crippen molar-refractivity contribution >= 4 is 14.1 Å². The first-order valence-corrected chi connectivity index (χ1v) is 9.92. The molecule has 0 heterocycles. The predicted octanol–water partition coefficient (Wildman–Crippen LogP) is 2.97. The topological polar surface area (TPSA) is 55.8 Å². The zero-order valence-corrected chi connectivity index (χ0v) is 14.2. The molecule has 0 saturated heterocycles. The zero-order valence-electron chi connectivity index (χ0n) is 13.2. The first-order valence-electron chi connectivity index (χ1n) is 6.93. The maximum atomic E-state index is 11.9. The van der Waals surface area contributed by atoms with Gasteiger partial charge in [-0.25, -0.2) is 0 Å². The standard InChI is InChI=1S/C16H24O4Si/c1-6-21(4,5)20-12-11-19-14-9-7-13(8-10-14)15(17)16(2,3)18/h6-10,18H,1,11-12H2,2-5H3. The molecule has 21 heavy (non-hydrogen) atoms. The van der Waals surface area contributed by atoms with Crippen LogP contribution in [0.4, 0.5) is 0 Å². The van der Waals surface area contributed by atoms with Crippen LogP contribution in [0.1, 0.15) is 24.2 Å². The van der Waals surface area contributed by atoms with Gasteiger partial charge < -0.3 is 14.3 Å². The van der Waals surface area contributed by atoms with Gasteiger partial charge in [-0.05, 0) is 51.2 Å². The monoisotopic (exact) mass is 308 g/mol. The number of ether oxygens (including phenoxy) is 1. The van der Waals surface area contributed by atoms with Crippen molar-refractivity contribution < 1.29 is 19.1 Å². The molecule has 0 radical (unpaired) electrons. The smallest absolute Gasteiger partial charge is 0.210 e. The maximum absolute atomic E-state index is 11.9. The Morgan fingerprint density at radius 3 is 2.33 bits per heavy atom. The number of benzene rings is 1. The molecule has 0 aliphatic rings. The van der Waals surface area contributed by atoms with Crippen LogP contribution in [0.5, 0.6) is 5.75 Å². The van der Waals surface area contributed by atoms with E-state index in [-0.39, 0.29) is 5.78 Å². The highest BCUT2D eigenvalue weighted by Gasteiger charge is 2.24. The second-order valence-electron chi connectivity index (χ2n) is 5.92. The minimum atomic E-state index is -1.75. The lowest BCUT2D eigenvalue weighted by Crippen LogP contribution is -2.31. The van der Waals surface area contributed by atoms with Crippen LogP contribution < -0.4 is 4.74 Å². The molecule has 0 saturated carbocycles. The van der Waals surface area contributed by atoms with E-state index in [9.17, 15) is 9.90 Å². The fraction of sp³-hybridized carbons (Fsp3) is 0.438. The Bertz CT molecular complexity index is 486. The van der Waals surface area contributed by atoms with Crippen molar-refractivity contribution in [1.29, 1.82) is 0 Å². The average Bonchev–Trinajstić information content (AvgIpc) is 2.42. The highest BCUT2D eigenvalue weighted by atomic mass is 28.4. The zero-order chi connectivity index (χ0) is 16.1. The van der Waals surface area contributed by atoms with Gasteiger partial charge in [0.15, 0.2) is 5.78 Å². The summed E-state index contributed by atoms with van der Waals surface area (Å²) in [6, 6.07) is 6.74. The molecule has 0 fully saturated rings. The maximum Gasteiger partial charge on any atom is 0.210 e. The third-order valence-corrected chi connectivity index (χ3v) is 4.92. The molecule has 1 aromatic rings. The first-order chi connectivity index (χ1) is 9.65. The summed E-state index contributed by atoms with van der Waals surface area (Å²) in [6.45, 7) is 11.8. The van der Waals surface area contributed by atoms with Crippen LogP contribution in [-0.4, -0.2) is 38.0 Å². The van der Waals surface area contributed by atoms with Crippen molar-refractivity contribution in [1.82, 2.24) is 0 Å². The molecule has 1 N–H and O–H groups in total. The summed E-state index contributed by atoms with van der Waals surface area (Å²) in [5, 5.41) is 9.68. The van der Waals surface area contributed by atoms with Crippen LogP contribution in [0.25, 0.3) is 0 Å². The molecule has 4 nitrogen and oxygen atoms in total. The summed E-state index contributed by atoms with van der Waals surface area (Å²) in [7, 11) is -1.75. The van der Waals surface area contributed by atoms with Crippen LogP contribution in [0.15, 0.2) is 36.5 Å². The van der Waals surface area contributed by atoms with Crippen molar-refractivity contribution in [3.05, 3.63) is 42.1 Å². The van der Waals surface area contributed by atoms with Gasteiger partial charge in [-0.2, -0.15) is 0 Å². The Balaban J connectivity index is 2.49. The van der Waals surface area contributed by atoms with Crippen LogP contribution in [0.2, 0.25) is 13.1 Å². The first kappa shape index (κ1) is 17.6. The Kier molecular flexibility index (Phi) is 5.89. The van der Waals surface area contributed by atoms with E-state index in [1.165, 1.54) is 13.8 Å². The summed E-state index contributed by atoms with van der Waals surface area (Å²) in [4.78, 5) is 11.9. The number of hydrogen-bond acceptors (Lipinski definition) is 4. The molecule has 0 aliphatic heterocycles. The molecule has 0 aromatic heterocycles. The van der Waals surface area contributed by atoms with Crippen LogP contribution in [-0.2, 0) is 4.43 Å². The number of rotatable bonds is 8. The second-order valence-corrected chi connectivity index (χ2v) is 9.82. The molecule has 0 unspecified atom stereocenters. The highest BCUT2D eigenvalue weighted by molar-refractivity contribution is 6.76. The molecule has 0 bridgehead atoms. The van der Waals surface area contributed by atoms with Crippen molar-refractivity contribution in [3.8, 4) is 5.75 Å². The quantitative estimate of drug-likeness (QED) is 0.456. The fourth-order valence-corrected chi connectivity index (χ4v) is 2.31. The molecule has 1 rings (SSSR count). The number of aliphatic hydroxyl groups is 1. The largest absolute Gasteiger partial charge is 0.491 e. The molecule has 116 valence electrons.